The van der Waals surface area contributed by atoms with Gasteiger partial charge in [0.2, 0.25) is 0 Å². The lowest BCUT2D eigenvalue weighted by Gasteiger charge is -2.44. The van der Waals surface area contributed by atoms with Gasteiger partial charge in [0.25, 0.3) is 5.91 Å². The second-order valence-electron chi connectivity index (χ2n) is 5.37. The van der Waals surface area contributed by atoms with E-state index in [9.17, 15) is 14.7 Å². The minimum Gasteiger partial charge on any atom is -0.394 e. The van der Waals surface area contributed by atoms with Gasteiger partial charge in [0.1, 0.15) is 6.23 Å². The third-order valence-corrected chi connectivity index (χ3v) is 4.19. The number of carbonyl (C=O) groups is 2. The molecule has 0 aromatic carbocycles. The third-order valence-electron chi connectivity index (χ3n) is 3.83. The van der Waals surface area contributed by atoms with Crippen LogP contribution in [0.2, 0.25) is 0 Å². The molecule has 10 nitrogen and oxygen atoms in total. The largest absolute Gasteiger partial charge is 0.394 e. The number of alkyl halides is 1. The van der Waals surface area contributed by atoms with E-state index in [1.807, 2.05) is 0 Å². The zero-order valence-corrected chi connectivity index (χ0v) is 13.4. The number of imide groups is 1. The quantitative estimate of drug-likeness (QED) is 0.326. The van der Waals surface area contributed by atoms with E-state index in [1.165, 1.54) is 11.8 Å². The molecule has 2 heterocycles. The molecule has 0 aromatic rings. The molecule has 23 heavy (non-hydrogen) atoms. The van der Waals surface area contributed by atoms with Crippen molar-refractivity contribution >= 4 is 23.5 Å². The number of aliphatic hydroxyl groups is 1. The predicted molar refractivity (Wildman–Crippen MR) is 78.3 cm³/mol. The molecule has 2 aliphatic rings. The Morgan fingerprint density at radius 2 is 2.35 bits per heavy atom. The van der Waals surface area contributed by atoms with Crippen LogP contribution in [-0.4, -0.2) is 64.6 Å². The highest BCUT2D eigenvalue weighted by atomic mass is 35.5. The van der Waals surface area contributed by atoms with E-state index >= 15 is 0 Å². The van der Waals surface area contributed by atoms with Crippen LogP contribution in [0.1, 0.15) is 20.3 Å². The summed E-state index contributed by atoms with van der Waals surface area (Å²) < 4.78 is 11.1. The number of azide groups is 1. The Morgan fingerprint density at radius 1 is 1.65 bits per heavy atom. The summed E-state index contributed by atoms with van der Waals surface area (Å²) in [6.07, 6.45) is -2.48. The summed E-state index contributed by atoms with van der Waals surface area (Å²) in [5.74, 6) is -0.665. The van der Waals surface area contributed by atoms with Gasteiger partial charge in [-0.15, -0.1) is 11.6 Å². The molecule has 0 spiro atoms. The lowest BCUT2D eigenvalue weighted by Crippen LogP contribution is -2.69. The number of aliphatic hydroxyl groups excluding tert-OH is 1. The highest BCUT2D eigenvalue weighted by molar-refractivity contribution is 6.36. The van der Waals surface area contributed by atoms with Crippen molar-refractivity contribution < 1.29 is 24.2 Å². The van der Waals surface area contributed by atoms with E-state index in [2.05, 4.69) is 15.3 Å². The summed E-state index contributed by atoms with van der Waals surface area (Å²) in [4.78, 5) is 26.6. The Bertz CT molecular complexity index is 538. The average Bonchev–Trinajstić information content (AvgIpc) is 2.88. The van der Waals surface area contributed by atoms with Crippen LogP contribution in [0.5, 0.6) is 0 Å². The van der Waals surface area contributed by atoms with Crippen molar-refractivity contribution in [3.8, 4) is 0 Å². The Kier molecular flexibility index (Phi) is 5.33. The minimum absolute atomic E-state index is 0.160. The average molecular weight is 348 g/mol. The van der Waals surface area contributed by atoms with Crippen molar-refractivity contribution in [2.75, 3.05) is 13.2 Å². The maximum absolute atomic E-state index is 12.2. The third kappa shape index (κ3) is 3.22. The van der Waals surface area contributed by atoms with Crippen LogP contribution in [0.3, 0.4) is 0 Å². The van der Waals surface area contributed by atoms with Gasteiger partial charge < -0.3 is 14.6 Å². The molecular formula is C12H18ClN5O5. The second kappa shape index (κ2) is 6.90. The zero-order chi connectivity index (χ0) is 17.2. The van der Waals surface area contributed by atoms with Crippen molar-refractivity contribution in [2.45, 2.75) is 49.7 Å². The number of nitrogens with one attached hydrogen (secondary N) is 1. The van der Waals surface area contributed by atoms with Crippen molar-refractivity contribution in [2.24, 2.45) is 5.11 Å². The van der Waals surface area contributed by atoms with E-state index in [1.54, 1.807) is 6.92 Å². The topological polar surface area (TPSA) is 137 Å². The second-order valence-corrected chi connectivity index (χ2v) is 6.15. The number of amides is 3. The van der Waals surface area contributed by atoms with E-state index in [4.69, 9.17) is 26.6 Å². The number of carbonyl (C=O) groups excluding carboxylic acids is 2. The van der Waals surface area contributed by atoms with Gasteiger partial charge in [-0.3, -0.25) is 15.0 Å². The number of ether oxygens (including phenoxy) is 2. The molecule has 0 aromatic heterocycles. The molecule has 0 radical (unpaired) electrons. The molecule has 2 saturated heterocycles. The maximum atomic E-state index is 12.2. The van der Waals surface area contributed by atoms with Crippen LogP contribution < -0.4 is 5.32 Å². The number of halogens is 1. The fourth-order valence-electron chi connectivity index (χ4n) is 2.68. The first-order chi connectivity index (χ1) is 10.9. The predicted octanol–water partition coefficient (Wildman–Crippen LogP) is 0.685. The van der Waals surface area contributed by atoms with Crippen LogP contribution in [0.4, 0.5) is 4.79 Å². The molecule has 2 aliphatic heterocycles. The van der Waals surface area contributed by atoms with Crippen LogP contribution in [0, 0.1) is 0 Å². The summed E-state index contributed by atoms with van der Waals surface area (Å²) in [6.45, 7) is 3.00. The van der Waals surface area contributed by atoms with Crippen molar-refractivity contribution in [3.63, 3.8) is 0 Å². The highest BCUT2D eigenvalue weighted by Gasteiger charge is 2.54. The number of hydrogen-bond donors (Lipinski definition) is 2. The molecule has 0 saturated carbocycles. The molecule has 2 N–H and O–H groups in total. The first-order valence-electron chi connectivity index (χ1n) is 7.11. The molecule has 5 atom stereocenters. The molecule has 128 valence electrons. The van der Waals surface area contributed by atoms with Crippen molar-refractivity contribution in [1.29, 1.82) is 0 Å². The molecule has 0 aliphatic carbocycles. The molecule has 2 rings (SSSR count). The minimum atomic E-state index is -1.50. The van der Waals surface area contributed by atoms with E-state index in [0.29, 0.717) is 0 Å². The lowest BCUT2D eigenvalue weighted by molar-refractivity contribution is -0.160. The fraction of sp³-hybridized carbons (Fsp3) is 0.833. The van der Waals surface area contributed by atoms with Gasteiger partial charge >= 0.3 is 6.03 Å². The lowest BCUT2D eigenvalue weighted by atomic mass is 10.0. The fourth-order valence-corrected chi connectivity index (χ4v) is 2.89. The van der Waals surface area contributed by atoms with Gasteiger partial charge in [0, 0.05) is 17.9 Å². The molecule has 2 fully saturated rings. The summed E-state index contributed by atoms with van der Waals surface area (Å²) in [5, 5.41) is 15.0. The van der Waals surface area contributed by atoms with Gasteiger partial charge in [-0.1, -0.05) is 5.11 Å². The van der Waals surface area contributed by atoms with Crippen LogP contribution >= 0.6 is 11.6 Å². The van der Waals surface area contributed by atoms with Crippen LogP contribution in [0.25, 0.3) is 10.4 Å². The van der Waals surface area contributed by atoms with Gasteiger partial charge in [0.15, 0.2) is 11.1 Å². The molecule has 0 unspecified atom stereocenters. The summed E-state index contributed by atoms with van der Waals surface area (Å²) in [7, 11) is 0. The number of nitrogens with zero attached hydrogens (tertiary/aromatic N) is 4. The molecule has 3 amide bonds. The highest BCUT2D eigenvalue weighted by Crippen LogP contribution is 2.35. The first-order valence-corrected chi connectivity index (χ1v) is 7.49. The first kappa shape index (κ1) is 17.8. The number of hydrogen-bond acceptors (Lipinski definition) is 6. The SMILES string of the molecule is CCO[C@H]1N([C@H]2C[C@H](N=[N+]=[N-])[C@@H](CO)O2)C(=O)NC(=O)[C@]1(C)Cl. The normalized spacial score (nSPS) is 37.5. The Balaban J connectivity index is 2.29. The van der Waals surface area contributed by atoms with Gasteiger partial charge in [0.05, 0.1) is 18.8 Å². The van der Waals surface area contributed by atoms with E-state index in [0.717, 1.165) is 0 Å². The molecule has 11 heteroatoms. The smallest absolute Gasteiger partial charge is 0.328 e. The van der Waals surface area contributed by atoms with Crippen LogP contribution in [0.15, 0.2) is 5.11 Å². The van der Waals surface area contributed by atoms with Gasteiger partial charge in [-0.05, 0) is 19.4 Å². The van der Waals surface area contributed by atoms with Crippen molar-refractivity contribution in [3.05, 3.63) is 10.4 Å². The standard InChI is InChI=1S/C12H18ClN5O5/c1-3-22-10-12(2,13)9(20)15-11(21)18(10)8-4-6(16-17-14)7(5-19)23-8/h6-8,10,19H,3-5H2,1-2H3,(H,15,20,21)/t6-,7+,8+,10+,12-/m0/s1. The molecular weight excluding hydrogens is 330 g/mol. The monoisotopic (exact) mass is 347 g/mol. The Labute approximate surface area is 137 Å². The summed E-state index contributed by atoms with van der Waals surface area (Å²) >= 11 is 6.26. The zero-order valence-electron chi connectivity index (χ0n) is 12.7. The summed E-state index contributed by atoms with van der Waals surface area (Å²) in [6, 6.07) is -1.35. The van der Waals surface area contributed by atoms with Gasteiger partial charge in [-0.25, -0.2) is 4.79 Å². The van der Waals surface area contributed by atoms with Crippen molar-refractivity contribution in [1.82, 2.24) is 10.2 Å². The van der Waals surface area contributed by atoms with Crippen LogP contribution in [-0.2, 0) is 14.3 Å². The van der Waals surface area contributed by atoms with Gasteiger partial charge in [-0.2, -0.15) is 0 Å². The summed E-state index contributed by atoms with van der Waals surface area (Å²) in [5.41, 5.74) is 8.58. The van der Waals surface area contributed by atoms with E-state index in [-0.39, 0.29) is 19.6 Å². The molecule has 0 bridgehead atoms. The Hall–Kier alpha value is -1.58. The Morgan fingerprint density at radius 3 is 2.91 bits per heavy atom. The number of rotatable bonds is 5. The number of urea groups is 1. The maximum Gasteiger partial charge on any atom is 0.328 e. The van der Waals surface area contributed by atoms with E-state index < -0.39 is 41.4 Å².